The largest absolute Gasteiger partial charge is 0.338 e. The predicted octanol–water partition coefficient (Wildman–Crippen LogP) is 2.42. The summed E-state index contributed by atoms with van der Waals surface area (Å²) in [5.41, 5.74) is 2.11. The van der Waals surface area contributed by atoms with Crippen molar-refractivity contribution in [1.82, 2.24) is 19.7 Å². The zero-order valence-electron chi connectivity index (χ0n) is 14.5. The van der Waals surface area contributed by atoms with Crippen LogP contribution in [0.5, 0.6) is 0 Å². The Hall–Kier alpha value is -3.42. The summed E-state index contributed by atoms with van der Waals surface area (Å²) in [5, 5.41) is 5.26. The summed E-state index contributed by atoms with van der Waals surface area (Å²) in [5.74, 6) is 0.271. The Morgan fingerprint density at radius 1 is 1.19 bits per heavy atom. The third kappa shape index (κ3) is 3.49. The first-order chi connectivity index (χ1) is 12.5. The van der Waals surface area contributed by atoms with Gasteiger partial charge in [0.05, 0.1) is 11.9 Å². The molecule has 0 saturated carbocycles. The monoisotopic (exact) mass is 353 g/mol. The van der Waals surface area contributed by atoms with Crippen molar-refractivity contribution >= 4 is 23.3 Å². The number of fused-ring (bicyclic) bond motifs is 1. The smallest absolute Gasteiger partial charge is 0.320 e. The van der Waals surface area contributed by atoms with Crippen LogP contribution in [0.4, 0.5) is 10.6 Å². The number of urea groups is 1. The minimum absolute atomic E-state index is 0.0661. The number of Topliss-reactive ketones (excluding diaryl/α,β-unsaturated/α-hetero) is 1. The minimum atomic E-state index is -0.367. The van der Waals surface area contributed by atoms with E-state index in [4.69, 9.17) is 0 Å². The molecule has 8 nitrogen and oxygen atoms in total. The van der Waals surface area contributed by atoms with Crippen molar-refractivity contribution in [3.05, 3.63) is 52.7 Å². The number of H-pyrrole nitrogens is 1. The van der Waals surface area contributed by atoms with E-state index in [-0.39, 0.29) is 17.4 Å². The van der Waals surface area contributed by atoms with E-state index in [1.165, 1.54) is 6.07 Å². The summed E-state index contributed by atoms with van der Waals surface area (Å²) in [6.45, 7) is 4.08. The normalized spacial score (nSPS) is 10.7. The average molecular weight is 353 g/mol. The molecule has 134 valence electrons. The molecule has 0 radical (unpaired) electrons. The van der Waals surface area contributed by atoms with Gasteiger partial charge in [-0.1, -0.05) is 6.92 Å². The van der Waals surface area contributed by atoms with Gasteiger partial charge in [0.1, 0.15) is 5.65 Å². The summed E-state index contributed by atoms with van der Waals surface area (Å²) in [6.07, 6.45) is 3.48. The lowest BCUT2D eigenvalue weighted by Crippen LogP contribution is -2.28. The van der Waals surface area contributed by atoms with Gasteiger partial charge in [0.2, 0.25) is 5.56 Å². The van der Waals surface area contributed by atoms with Crippen LogP contribution in [0.2, 0.25) is 0 Å². The Morgan fingerprint density at radius 2 is 2.00 bits per heavy atom. The topological polar surface area (TPSA) is 108 Å². The number of amides is 2. The van der Waals surface area contributed by atoms with Crippen LogP contribution < -0.4 is 16.2 Å². The van der Waals surface area contributed by atoms with Gasteiger partial charge in [0.15, 0.2) is 11.6 Å². The van der Waals surface area contributed by atoms with Gasteiger partial charge in [-0.25, -0.2) is 9.78 Å². The highest BCUT2D eigenvalue weighted by atomic mass is 16.2. The highest BCUT2D eigenvalue weighted by Gasteiger charge is 2.15. The fourth-order valence-corrected chi connectivity index (χ4v) is 2.65. The molecular formula is C18H19N5O3. The molecule has 3 aromatic rings. The second-order valence-electron chi connectivity index (χ2n) is 5.69. The lowest BCUT2D eigenvalue weighted by molar-refractivity contribution is 0.0982. The molecule has 0 bridgehead atoms. The maximum atomic E-state index is 12.4. The number of hydrogen-bond donors (Lipinski definition) is 3. The predicted molar refractivity (Wildman–Crippen MR) is 98.6 cm³/mol. The first-order valence-corrected chi connectivity index (χ1v) is 8.32. The Bertz CT molecular complexity index is 1030. The summed E-state index contributed by atoms with van der Waals surface area (Å²) in [6, 6.07) is 6.34. The van der Waals surface area contributed by atoms with Gasteiger partial charge < -0.3 is 10.3 Å². The molecule has 0 aliphatic carbocycles. The number of aromatic amines is 1. The van der Waals surface area contributed by atoms with Crippen molar-refractivity contribution in [3.63, 3.8) is 0 Å². The number of aromatic nitrogens is 3. The van der Waals surface area contributed by atoms with E-state index < -0.39 is 0 Å². The van der Waals surface area contributed by atoms with Crippen LogP contribution in [-0.2, 0) is 0 Å². The molecule has 0 fully saturated rings. The van der Waals surface area contributed by atoms with Crippen LogP contribution >= 0.6 is 0 Å². The van der Waals surface area contributed by atoms with Gasteiger partial charge in [-0.15, -0.1) is 0 Å². The van der Waals surface area contributed by atoms with Crippen molar-refractivity contribution in [3.8, 4) is 11.1 Å². The van der Waals surface area contributed by atoms with Gasteiger partial charge in [0, 0.05) is 25.2 Å². The van der Waals surface area contributed by atoms with Crippen LogP contribution in [0, 0.1) is 0 Å². The first-order valence-electron chi connectivity index (χ1n) is 8.32. The fourth-order valence-electron chi connectivity index (χ4n) is 2.65. The molecule has 26 heavy (non-hydrogen) atoms. The number of imidazole rings is 1. The van der Waals surface area contributed by atoms with Crippen LogP contribution in [-0.4, -0.2) is 32.7 Å². The molecular weight excluding hydrogens is 334 g/mol. The summed E-state index contributed by atoms with van der Waals surface area (Å²) < 4.78 is 1.64. The van der Waals surface area contributed by atoms with Crippen LogP contribution in [0.25, 0.3) is 16.8 Å². The quantitative estimate of drug-likeness (QED) is 0.612. The third-order valence-electron chi connectivity index (χ3n) is 3.86. The summed E-state index contributed by atoms with van der Waals surface area (Å²) in [4.78, 5) is 42.6. The Balaban J connectivity index is 2.13. The number of hydrogen-bond acceptors (Lipinski definition) is 4. The van der Waals surface area contributed by atoms with Gasteiger partial charge >= 0.3 is 6.03 Å². The van der Waals surface area contributed by atoms with Crippen LogP contribution in [0.1, 0.15) is 30.8 Å². The third-order valence-corrected chi connectivity index (χ3v) is 3.86. The van der Waals surface area contributed by atoms with E-state index >= 15 is 0 Å². The molecule has 0 unspecified atom stereocenters. The molecule has 0 aliphatic rings. The maximum absolute atomic E-state index is 12.4. The molecule has 3 rings (SSSR count). The Morgan fingerprint density at radius 3 is 2.69 bits per heavy atom. The zero-order chi connectivity index (χ0) is 18.7. The first kappa shape index (κ1) is 17.4. The maximum Gasteiger partial charge on any atom is 0.320 e. The molecule has 0 atom stereocenters. The number of pyridine rings is 2. The van der Waals surface area contributed by atoms with Gasteiger partial charge in [-0.05, 0) is 36.2 Å². The number of ketones is 1. The van der Waals surface area contributed by atoms with Crippen molar-refractivity contribution in [2.75, 3.05) is 11.9 Å². The summed E-state index contributed by atoms with van der Waals surface area (Å²) >= 11 is 0. The Labute approximate surface area is 149 Å². The number of anilines is 1. The standard InChI is InChI=1S/C18H19N5O3/c1-3-14(24)13-7-12(11-5-6-20-17(25)9-11)8-16-21-15(10-23(13)16)22-18(26)19-4-2/h5-10H,3-4H2,1-2H3,(H,20,25)(H2,19,22,26). The number of carbonyl (C=O) groups is 2. The zero-order valence-corrected chi connectivity index (χ0v) is 14.5. The van der Waals surface area contributed by atoms with E-state index in [1.807, 2.05) is 6.92 Å². The second kappa shape index (κ2) is 7.22. The van der Waals surface area contributed by atoms with Gasteiger partial charge in [-0.3, -0.25) is 19.3 Å². The second-order valence-corrected chi connectivity index (χ2v) is 5.69. The molecule has 3 aromatic heterocycles. The molecule has 3 heterocycles. The highest BCUT2D eigenvalue weighted by molar-refractivity contribution is 5.97. The van der Waals surface area contributed by atoms with Crippen LogP contribution in [0.3, 0.4) is 0 Å². The van der Waals surface area contributed by atoms with Gasteiger partial charge in [0.25, 0.3) is 0 Å². The van der Waals surface area contributed by atoms with E-state index in [0.29, 0.717) is 41.3 Å². The van der Waals surface area contributed by atoms with Crippen molar-refractivity contribution < 1.29 is 9.59 Å². The van der Waals surface area contributed by atoms with Crippen molar-refractivity contribution in [1.29, 1.82) is 0 Å². The molecule has 8 heteroatoms. The lowest BCUT2D eigenvalue weighted by atomic mass is 10.1. The molecule has 3 N–H and O–H groups in total. The van der Waals surface area contributed by atoms with Crippen molar-refractivity contribution in [2.24, 2.45) is 0 Å². The SMILES string of the molecule is CCNC(=O)Nc1cn2c(C(=O)CC)cc(-c3cc[nH]c(=O)c3)cc2n1. The molecule has 0 saturated heterocycles. The molecule has 2 amide bonds. The van der Waals surface area contributed by atoms with E-state index in [1.54, 1.807) is 41.9 Å². The Kier molecular flexibility index (Phi) is 4.83. The van der Waals surface area contributed by atoms with E-state index in [9.17, 15) is 14.4 Å². The summed E-state index contributed by atoms with van der Waals surface area (Å²) in [7, 11) is 0. The van der Waals surface area contributed by atoms with Gasteiger partial charge in [-0.2, -0.15) is 0 Å². The van der Waals surface area contributed by atoms with Crippen LogP contribution in [0.15, 0.2) is 41.5 Å². The average Bonchev–Trinajstić information content (AvgIpc) is 3.02. The highest BCUT2D eigenvalue weighted by Crippen LogP contribution is 2.24. The van der Waals surface area contributed by atoms with E-state index in [0.717, 1.165) is 0 Å². The number of nitrogens with zero attached hydrogens (tertiary/aromatic N) is 2. The number of nitrogens with one attached hydrogen (secondary N) is 3. The lowest BCUT2D eigenvalue weighted by Gasteiger charge is -2.07. The molecule has 0 aliphatic heterocycles. The number of carbonyl (C=O) groups excluding carboxylic acids is 2. The molecule has 0 spiro atoms. The molecule has 0 aromatic carbocycles. The fraction of sp³-hybridized carbons (Fsp3) is 0.222. The van der Waals surface area contributed by atoms with Crippen molar-refractivity contribution in [2.45, 2.75) is 20.3 Å². The van der Waals surface area contributed by atoms with E-state index in [2.05, 4.69) is 20.6 Å². The minimum Gasteiger partial charge on any atom is -0.338 e. The number of rotatable bonds is 5.